The minimum Gasteiger partial charge on any atom is -0.390 e. The molecule has 3 aliphatic carbocycles. The molecule has 0 spiro atoms. The number of nitrogen functional groups attached to an aromatic ring is 1. The highest BCUT2D eigenvalue weighted by Crippen LogP contribution is 2.64. The molecule has 3 atom stereocenters. The minimum atomic E-state index is -0.624. The van der Waals surface area contributed by atoms with Crippen molar-refractivity contribution in [2.45, 2.75) is 90.3 Å². The molecule has 0 radical (unpaired) electrons. The number of amides is 1. The predicted molar refractivity (Wildman–Crippen MR) is 141 cm³/mol. The van der Waals surface area contributed by atoms with Crippen LogP contribution in [0.2, 0.25) is 0 Å². The van der Waals surface area contributed by atoms with Crippen molar-refractivity contribution in [2.75, 3.05) is 18.8 Å². The molecular weight excluding hydrogens is 436 g/mol. The third-order valence-corrected chi connectivity index (χ3v) is 9.80. The fraction of sp³-hybridized carbons (Fsp3) is 0.655. The molecule has 4 N–H and O–H groups in total. The normalized spacial score (nSPS) is 37.0. The Morgan fingerprint density at radius 1 is 1.23 bits per heavy atom. The Balaban J connectivity index is 1.29. The lowest BCUT2D eigenvalue weighted by Crippen LogP contribution is -2.51. The molecule has 35 heavy (non-hydrogen) atoms. The third kappa shape index (κ3) is 4.33. The average Bonchev–Trinajstić information content (AvgIpc) is 3.08. The molecular formula is C29H42N4O2. The van der Waals surface area contributed by atoms with Crippen LogP contribution in [0.4, 0.5) is 5.82 Å². The van der Waals surface area contributed by atoms with Crippen LogP contribution in [0.1, 0.15) is 88.6 Å². The summed E-state index contributed by atoms with van der Waals surface area (Å²) in [5.41, 5.74) is 8.52. The number of pyridine rings is 1. The van der Waals surface area contributed by atoms with Crippen LogP contribution in [0.5, 0.6) is 0 Å². The number of fused-ring (bicyclic) bond motifs is 1. The van der Waals surface area contributed by atoms with E-state index < -0.39 is 5.60 Å². The van der Waals surface area contributed by atoms with E-state index in [0.717, 1.165) is 36.3 Å². The predicted octanol–water partition coefficient (Wildman–Crippen LogP) is 4.56. The monoisotopic (exact) mass is 478 g/mol. The molecule has 2 saturated carbocycles. The Kier molecular flexibility index (Phi) is 6.12. The van der Waals surface area contributed by atoms with Crippen molar-refractivity contribution in [3.05, 3.63) is 41.6 Å². The van der Waals surface area contributed by atoms with Crippen molar-refractivity contribution in [3.8, 4) is 0 Å². The first kappa shape index (κ1) is 24.5. The summed E-state index contributed by atoms with van der Waals surface area (Å²) in [5, 5.41) is 13.3. The Hall–Kier alpha value is -2.18. The van der Waals surface area contributed by atoms with Gasteiger partial charge in [-0.05, 0) is 94.1 Å². The fourth-order valence-corrected chi connectivity index (χ4v) is 6.98. The van der Waals surface area contributed by atoms with E-state index in [1.165, 1.54) is 25.9 Å². The zero-order valence-electron chi connectivity index (χ0n) is 21.8. The molecule has 190 valence electrons. The number of hydrogen-bond acceptors (Lipinski definition) is 5. The molecule has 1 aliphatic heterocycles. The van der Waals surface area contributed by atoms with Crippen LogP contribution in [0.25, 0.3) is 5.57 Å². The van der Waals surface area contributed by atoms with Gasteiger partial charge in [-0.25, -0.2) is 4.98 Å². The van der Waals surface area contributed by atoms with Gasteiger partial charge in [0.15, 0.2) is 0 Å². The number of aromatic nitrogens is 1. The van der Waals surface area contributed by atoms with Crippen LogP contribution in [-0.4, -0.2) is 51.7 Å². The van der Waals surface area contributed by atoms with E-state index in [9.17, 15) is 9.90 Å². The number of hydrogen-bond donors (Lipinski definition) is 3. The largest absolute Gasteiger partial charge is 0.390 e. The number of carbonyl (C=O) groups is 1. The summed E-state index contributed by atoms with van der Waals surface area (Å²) >= 11 is 0. The summed E-state index contributed by atoms with van der Waals surface area (Å²) in [6, 6.07) is 2.55. The Labute approximate surface area is 210 Å². The number of nitrogens with zero attached hydrogens (tertiary/aromatic N) is 2. The van der Waals surface area contributed by atoms with Crippen LogP contribution >= 0.6 is 0 Å². The molecule has 6 heteroatoms. The number of anilines is 1. The first-order valence-corrected chi connectivity index (χ1v) is 13.4. The molecule has 1 amide bonds. The Morgan fingerprint density at radius 3 is 2.57 bits per heavy atom. The smallest absolute Gasteiger partial charge is 0.255 e. The van der Waals surface area contributed by atoms with Gasteiger partial charge in [-0.1, -0.05) is 25.2 Å². The van der Waals surface area contributed by atoms with Gasteiger partial charge in [0.25, 0.3) is 5.91 Å². The van der Waals surface area contributed by atoms with Gasteiger partial charge in [0.1, 0.15) is 5.82 Å². The van der Waals surface area contributed by atoms with Crippen molar-refractivity contribution >= 4 is 17.3 Å². The second kappa shape index (κ2) is 8.74. The van der Waals surface area contributed by atoms with E-state index in [4.69, 9.17) is 5.73 Å². The van der Waals surface area contributed by atoms with Gasteiger partial charge in [-0.2, -0.15) is 0 Å². The third-order valence-electron chi connectivity index (χ3n) is 9.80. The number of carbonyl (C=O) groups excluding carboxylic acids is 1. The zero-order chi connectivity index (χ0) is 25.0. The molecule has 0 aromatic carbocycles. The molecule has 0 bridgehead atoms. The van der Waals surface area contributed by atoms with E-state index in [-0.39, 0.29) is 23.2 Å². The zero-order valence-corrected chi connectivity index (χ0v) is 21.8. The molecule has 1 aromatic heterocycles. The average molecular weight is 479 g/mol. The standard InChI is InChI=1S/C29H42N4O2/c1-19(2)33-17-22-7-14-29(22,18-33)27(3)10-5-20(6-11-27)21-15-24(25(30)31-16-21)26(34)32-23-8-12-28(4,35)13-9-23/h5-6,10,15-16,19,22-23,35H,7-9,11-14,17-18H2,1-4H3,(H2,30,31)(H,32,34)/t22-,23?,27?,28?,29-/m1/s1. The highest BCUT2D eigenvalue weighted by molar-refractivity contribution is 5.99. The summed E-state index contributed by atoms with van der Waals surface area (Å²) < 4.78 is 0. The number of aliphatic hydroxyl groups is 1. The van der Waals surface area contributed by atoms with E-state index in [1.54, 1.807) is 6.20 Å². The maximum atomic E-state index is 13.0. The number of nitrogens with one attached hydrogen (secondary N) is 1. The Morgan fingerprint density at radius 2 is 1.97 bits per heavy atom. The minimum absolute atomic E-state index is 0.0618. The van der Waals surface area contributed by atoms with Crippen molar-refractivity contribution in [1.82, 2.24) is 15.2 Å². The lowest BCUT2D eigenvalue weighted by Gasteiger charge is -2.56. The summed E-state index contributed by atoms with van der Waals surface area (Å²) in [6.45, 7) is 11.4. The number of nitrogens with two attached hydrogens (primary N) is 1. The molecule has 4 aliphatic rings. The van der Waals surface area contributed by atoms with Gasteiger partial charge in [0.05, 0.1) is 11.2 Å². The number of rotatable bonds is 5. The lowest BCUT2D eigenvalue weighted by molar-refractivity contribution is -0.0268. The quantitative estimate of drug-likeness (QED) is 0.577. The van der Waals surface area contributed by atoms with Crippen molar-refractivity contribution in [1.29, 1.82) is 0 Å². The molecule has 5 rings (SSSR count). The molecule has 1 aromatic rings. The first-order valence-electron chi connectivity index (χ1n) is 13.4. The topological polar surface area (TPSA) is 91.5 Å². The van der Waals surface area contributed by atoms with Crippen molar-refractivity contribution < 1.29 is 9.90 Å². The van der Waals surface area contributed by atoms with Crippen molar-refractivity contribution in [3.63, 3.8) is 0 Å². The fourth-order valence-electron chi connectivity index (χ4n) is 6.98. The van der Waals surface area contributed by atoms with Gasteiger partial charge in [-0.15, -0.1) is 0 Å². The van der Waals surface area contributed by atoms with Gasteiger partial charge in [-0.3, -0.25) is 4.79 Å². The van der Waals surface area contributed by atoms with E-state index >= 15 is 0 Å². The molecule has 2 heterocycles. The van der Waals surface area contributed by atoms with Gasteiger partial charge in [0.2, 0.25) is 0 Å². The van der Waals surface area contributed by atoms with Gasteiger partial charge < -0.3 is 21.1 Å². The van der Waals surface area contributed by atoms with Crippen LogP contribution in [-0.2, 0) is 0 Å². The first-order chi connectivity index (χ1) is 16.5. The number of likely N-dealkylation sites (tertiary alicyclic amines) is 1. The van der Waals surface area contributed by atoms with Crippen LogP contribution in [0.15, 0.2) is 30.5 Å². The highest BCUT2D eigenvalue weighted by atomic mass is 16.3. The Bertz CT molecular complexity index is 1050. The second-order valence-corrected chi connectivity index (χ2v) is 12.4. The summed E-state index contributed by atoms with van der Waals surface area (Å²) in [4.78, 5) is 20.1. The van der Waals surface area contributed by atoms with Crippen LogP contribution in [0, 0.1) is 16.7 Å². The van der Waals surface area contributed by atoms with Crippen LogP contribution in [0.3, 0.4) is 0 Å². The maximum Gasteiger partial charge on any atom is 0.255 e. The summed E-state index contributed by atoms with van der Waals surface area (Å²) in [7, 11) is 0. The summed E-state index contributed by atoms with van der Waals surface area (Å²) in [6.07, 6.45) is 15.4. The van der Waals surface area contributed by atoms with E-state index in [1.807, 2.05) is 13.0 Å². The van der Waals surface area contributed by atoms with Gasteiger partial charge >= 0.3 is 0 Å². The van der Waals surface area contributed by atoms with Crippen LogP contribution < -0.4 is 11.1 Å². The number of allylic oxidation sites excluding steroid dienone is 4. The van der Waals surface area contributed by atoms with Gasteiger partial charge in [0, 0.05) is 36.9 Å². The summed E-state index contributed by atoms with van der Waals surface area (Å²) in [5.74, 6) is 0.881. The molecule has 1 unspecified atom stereocenters. The molecule has 6 nitrogen and oxygen atoms in total. The SMILES string of the molecule is CC(C)N1C[C@H]2CC[C@@]2(C2(C)C=CC(c3cnc(N)c(C(=O)NC4CCC(C)(O)CC4)c3)=CC2)C1. The maximum absolute atomic E-state index is 13.0. The molecule has 1 saturated heterocycles. The highest BCUT2D eigenvalue weighted by Gasteiger charge is 2.61. The van der Waals surface area contributed by atoms with Crippen molar-refractivity contribution in [2.24, 2.45) is 16.7 Å². The van der Waals surface area contributed by atoms with E-state index in [0.29, 0.717) is 29.9 Å². The van der Waals surface area contributed by atoms with E-state index in [2.05, 4.69) is 54.2 Å². The second-order valence-electron chi connectivity index (χ2n) is 12.4. The lowest BCUT2D eigenvalue weighted by atomic mass is 9.48. The molecule has 3 fully saturated rings.